The van der Waals surface area contributed by atoms with E-state index in [1.165, 1.54) is 6.42 Å². The smallest absolute Gasteiger partial charge is 0.255 e. The van der Waals surface area contributed by atoms with E-state index in [-0.39, 0.29) is 5.56 Å². The summed E-state index contributed by atoms with van der Waals surface area (Å²) in [6, 6.07) is 6.00. The Morgan fingerprint density at radius 3 is 2.61 bits per heavy atom. The van der Waals surface area contributed by atoms with Crippen LogP contribution in [0.3, 0.4) is 0 Å². The molecule has 1 N–H and O–H groups in total. The zero-order valence-corrected chi connectivity index (χ0v) is 16.7. The Hall–Kier alpha value is -2.54. The summed E-state index contributed by atoms with van der Waals surface area (Å²) in [5, 5.41) is 0. The van der Waals surface area contributed by atoms with E-state index in [1.807, 2.05) is 12.1 Å². The third-order valence-corrected chi connectivity index (χ3v) is 5.65. The van der Waals surface area contributed by atoms with Crippen LogP contribution in [0, 0.1) is 0 Å². The maximum atomic E-state index is 12.6. The molecule has 0 saturated carbocycles. The van der Waals surface area contributed by atoms with E-state index in [0.717, 1.165) is 79.7 Å². The number of rotatable bonds is 5. The van der Waals surface area contributed by atoms with E-state index >= 15 is 0 Å². The first kappa shape index (κ1) is 18.8. The van der Waals surface area contributed by atoms with Gasteiger partial charge in [0, 0.05) is 38.3 Å². The summed E-state index contributed by atoms with van der Waals surface area (Å²) < 4.78 is 10.7. The van der Waals surface area contributed by atoms with Gasteiger partial charge < -0.3 is 14.4 Å². The molecule has 0 radical (unpaired) electrons. The van der Waals surface area contributed by atoms with Crippen molar-refractivity contribution in [1.29, 1.82) is 0 Å². The van der Waals surface area contributed by atoms with Gasteiger partial charge in [-0.25, -0.2) is 4.98 Å². The van der Waals surface area contributed by atoms with Gasteiger partial charge in [0.2, 0.25) is 5.95 Å². The normalized spacial score (nSPS) is 17.3. The number of fused-ring (bicyclic) bond motifs is 1. The fraction of sp³-hybridized carbons (Fsp3) is 0.524. The van der Waals surface area contributed by atoms with Crippen molar-refractivity contribution in [3.63, 3.8) is 0 Å². The Bertz CT molecular complexity index is 890. The molecule has 7 nitrogen and oxygen atoms in total. The standard InChI is InChI=1S/C21H28N4O3/c1-27-18-7-6-15(12-19(18)28-2)13-24-11-8-16-17(14-24)22-21(23-20(16)26)25-9-4-3-5-10-25/h6-7,12H,3-5,8-11,13-14H2,1-2H3,(H,22,23,26). The second-order valence-corrected chi connectivity index (χ2v) is 7.51. The summed E-state index contributed by atoms with van der Waals surface area (Å²) in [5.74, 6) is 2.20. The lowest BCUT2D eigenvalue weighted by Crippen LogP contribution is -2.38. The fourth-order valence-corrected chi connectivity index (χ4v) is 4.11. The molecule has 1 saturated heterocycles. The Balaban J connectivity index is 1.52. The van der Waals surface area contributed by atoms with Crippen LogP contribution in [0.15, 0.2) is 23.0 Å². The van der Waals surface area contributed by atoms with Gasteiger partial charge in [0.1, 0.15) is 0 Å². The molecule has 0 unspecified atom stereocenters. The minimum absolute atomic E-state index is 0.0244. The summed E-state index contributed by atoms with van der Waals surface area (Å²) in [6.07, 6.45) is 4.30. The summed E-state index contributed by atoms with van der Waals surface area (Å²) >= 11 is 0. The van der Waals surface area contributed by atoms with Crippen molar-refractivity contribution in [2.45, 2.75) is 38.8 Å². The number of H-pyrrole nitrogens is 1. The number of methoxy groups -OCH3 is 2. The van der Waals surface area contributed by atoms with Crippen LogP contribution in [0.4, 0.5) is 5.95 Å². The van der Waals surface area contributed by atoms with Crippen molar-refractivity contribution in [1.82, 2.24) is 14.9 Å². The summed E-state index contributed by atoms with van der Waals surface area (Å²) in [5.41, 5.74) is 2.93. The summed E-state index contributed by atoms with van der Waals surface area (Å²) in [7, 11) is 3.29. The minimum atomic E-state index is 0.0244. The van der Waals surface area contributed by atoms with Crippen LogP contribution in [0.5, 0.6) is 11.5 Å². The second kappa shape index (κ2) is 8.22. The van der Waals surface area contributed by atoms with Crippen LogP contribution < -0.4 is 19.9 Å². The lowest BCUT2D eigenvalue weighted by atomic mass is 10.1. The van der Waals surface area contributed by atoms with E-state index < -0.39 is 0 Å². The molecule has 7 heteroatoms. The van der Waals surface area contributed by atoms with Gasteiger partial charge in [0.05, 0.1) is 19.9 Å². The molecule has 0 atom stereocenters. The lowest BCUT2D eigenvalue weighted by molar-refractivity contribution is 0.240. The van der Waals surface area contributed by atoms with Crippen LogP contribution in [0.1, 0.15) is 36.1 Å². The molecule has 1 fully saturated rings. The minimum Gasteiger partial charge on any atom is -0.493 e. The molecule has 2 aliphatic heterocycles. The van der Waals surface area contributed by atoms with E-state index in [1.54, 1.807) is 14.2 Å². The van der Waals surface area contributed by atoms with Crippen molar-refractivity contribution < 1.29 is 9.47 Å². The number of anilines is 1. The van der Waals surface area contributed by atoms with E-state index in [9.17, 15) is 4.79 Å². The third-order valence-electron chi connectivity index (χ3n) is 5.65. The zero-order valence-electron chi connectivity index (χ0n) is 16.7. The molecule has 0 bridgehead atoms. The van der Waals surface area contributed by atoms with E-state index in [0.29, 0.717) is 6.54 Å². The molecule has 2 aliphatic rings. The third kappa shape index (κ3) is 3.85. The van der Waals surface area contributed by atoms with Crippen molar-refractivity contribution in [2.75, 3.05) is 38.8 Å². The number of hydrogen-bond acceptors (Lipinski definition) is 6. The van der Waals surface area contributed by atoms with Gasteiger partial charge in [0.25, 0.3) is 5.56 Å². The molecule has 1 aromatic carbocycles. The van der Waals surface area contributed by atoms with Crippen LogP contribution in [-0.2, 0) is 19.5 Å². The number of ether oxygens (including phenoxy) is 2. The Morgan fingerprint density at radius 1 is 1.07 bits per heavy atom. The molecular weight excluding hydrogens is 356 g/mol. The maximum absolute atomic E-state index is 12.6. The van der Waals surface area contributed by atoms with Gasteiger partial charge in [-0.1, -0.05) is 6.07 Å². The number of hydrogen-bond donors (Lipinski definition) is 1. The molecule has 2 aromatic rings. The van der Waals surface area contributed by atoms with Crippen LogP contribution in [0.25, 0.3) is 0 Å². The predicted octanol–water partition coefficient (Wildman–Crippen LogP) is 2.34. The number of benzene rings is 1. The Labute approximate surface area is 165 Å². The second-order valence-electron chi connectivity index (χ2n) is 7.51. The van der Waals surface area contributed by atoms with Gasteiger partial charge in [-0.05, 0) is 43.4 Å². The molecule has 1 aromatic heterocycles. The topological polar surface area (TPSA) is 70.7 Å². The van der Waals surface area contributed by atoms with Crippen LogP contribution in [-0.4, -0.2) is 48.7 Å². The van der Waals surface area contributed by atoms with Gasteiger partial charge in [0.15, 0.2) is 11.5 Å². The first-order valence-corrected chi connectivity index (χ1v) is 9.98. The van der Waals surface area contributed by atoms with Crippen molar-refractivity contribution in [3.05, 3.63) is 45.4 Å². The average Bonchev–Trinajstić information content (AvgIpc) is 2.74. The molecule has 4 rings (SSSR count). The van der Waals surface area contributed by atoms with Crippen molar-refractivity contribution in [3.8, 4) is 11.5 Å². The predicted molar refractivity (Wildman–Crippen MR) is 108 cm³/mol. The highest BCUT2D eigenvalue weighted by Gasteiger charge is 2.23. The molecule has 0 spiro atoms. The van der Waals surface area contributed by atoms with E-state index in [2.05, 4.69) is 20.9 Å². The fourth-order valence-electron chi connectivity index (χ4n) is 4.11. The number of aromatic amines is 1. The monoisotopic (exact) mass is 384 g/mol. The first-order valence-electron chi connectivity index (χ1n) is 9.98. The highest BCUT2D eigenvalue weighted by Crippen LogP contribution is 2.29. The summed E-state index contributed by atoms with van der Waals surface area (Å²) in [6.45, 7) is 4.26. The number of piperidine rings is 1. The largest absolute Gasteiger partial charge is 0.493 e. The number of nitrogens with zero attached hydrogens (tertiary/aromatic N) is 3. The van der Waals surface area contributed by atoms with Crippen molar-refractivity contribution >= 4 is 5.95 Å². The van der Waals surface area contributed by atoms with Gasteiger partial charge >= 0.3 is 0 Å². The lowest BCUT2D eigenvalue weighted by Gasteiger charge is -2.31. The molecule has 0 amide bonds. The van der Waals surface area contributed by atoms with Gasteiger partial charge in [-0.15, -0.1) is 0 Å². The molecule has 3 heterocycles. The molecule has 150 valence electrons. The highest BCUT2D eigenvalue weighted by atomic mass is 16.5. The number of aromatic nitrogens is 2. The van der Waals surface area contributed by atoms with Crippen LogP contribution >= 0.6 is 0 Å². The zero-order chi connectivity index (χ0) is 19.5. The van der Waals surface area contributed by atoms with E-state index in [4.69, 9.17) is 14.5 Å². The van der Waals surface area contributed by atoms with Crippen molar-refractivity contribution in [2.24, 2.45) is 0 Å². The first-order chi connectivity index (χ1) is 13.7. The summed E-state index contributed by atoms with van der Waals surface area (Å²) in [4.78, 5) is 25.0. The highest BCUT2D eigenvalue weighted by molar-refractivity contribution is 5.43. The molecule has 0 aliphatic carbocycles. The Kier molecular flexibility index (Phi) is 5.52. The average molecular weight is 384 g/mol. The van der Waals surface area contributed by atoms with Gasteiger partial charge in [-0.2, -0.15) is 0 Å². The quantitative estimate of drug-likeness (QED) is 0.853. The number of nitrogens with one attached hydrogen (secondary N) is 1. The van der Waals surface area contributed by atoms with Gasteiger partial charge in [-0.3, -0.25) is 14.7 Å². The molecule has 28 heavy (non-hydrogen) atoms. The van der Waals surface area contributed by atoms with Crippen LogP contribution in [0.2, 0.25) is 0 Å². The SMILES string of the molecule is COc1ccc(CN2CCc3c(nc(N4CCCCC4)[nH]c3=O)C2)cc1OC. The molecular formula is C21H28N4O3. The maximum Gasteiger partial charge on any atom is 0.255 e. The Morgan fingerprint density at radius 2 is 1.86 bits per heavy atom.